The van der Waals surface area contributed by atoms with E-state index in [1.165, 1.54) is 7.11 Å². The number of primary amides is 1. The van der Waals surface area contributed by atoms with E-state index in [4.69, 9.17) is 15.2 Å². The number of amides is 2. The largest absolute Gasteiger partial charge is 0.469 e. The van der Waals surface area contributed by atoms with Crippen LogP contribution in [0.4, 0.5) is 4.79 Å². The fourth-order valence-corrected chi connectivity index (χ4v) is 2.48. The molecule has 31 heavy (non-hydrogen) atoms. The van der Waals surface area contributed by atoms with E-state index < -0.39 is 23.6 Å². The summed E-state index contributed by atoms with van der Waals surface area (Å²) in [6.45, 7) is 5.63. The van der Waals surface area contributed by atoms with Crippen LogP contribution in [0.5, 0.6) is 0 Å². The summed E-state index contributed by atoms with van der Waals surface area (Å²) < 4.78 is 15.4. The van der Waals surface area contributed by atoms with Crippen LogP contribution in [0.2, 0.25) is 0 Å². The van der Waals surface area contributed by atoms with Gasteiger partial charge in [0.15, 0.2) is 0 Å². The third-order valence-corrected chi connectivity index (χ3v) is 3.99. The Morgan fingerprint density at radius 3 is 2.39 bits per heavy atom. The highest BCUT2D eigenvalue weighted by atomic mass is 16.6. The van der Waals surface area contributed by atoms with E-state index in [0.29, 0.717) is 19.3 Å². The summed E-state index contributed by atoms with van der Waals surface area (Å²) in [5.41, 5.74) is 6.42. The van der Waals surface area contributed by atoms with Crippen LogP contribution < -0.4 is 11.1 Å². The Bertz CT molecular complexity index is 787. The zero-order valence-electron chi connectivity index (χ0n) is 18.7. The number of hydrogen-bond donors (Lipinski definition) is 2. The Morgan fingerprint density at radius 1 is 1.13 bits per heavy atom. The average molecular weight is 433 g/mol. The second-order valence-electron chi connectivity index (χ2n) is 7.94. The summed E-state index contributed by atoms with van der Waals surface area (Å²) in [5, 5.41) is 2.69. The van der Waals surface area contributed by atoms with Crippen molar-refractivity contribution in [2.75, 3.05) is 20.3 Å². The van der Waals surface area contributed by atoms with Gasteiger partial charge in [-0.3, -0.25) is 9.59 Å². The molecule has 0 aliphatic rings. The van der Waals surface area contributed by atoms with Crippen LogP contribution in [0.3, 0.4) is 0 Å². The van der Waals surface area contributed by atoms with Crippen LogP contribution in [-0.2, 0) is 30.2 Å². The van der Waals surface area contributed by atoms with Gasteiger partial charge in [-0.1, -0.05) is 24.0 Å². The molecule has 0 bridgehead atoms. The molecule has 1 atom stereocenters. The topological polar surface area (TPSA) is 117 Å². The zero-order chi connectivity index (χ0) is 23.3. The zero-order valence-corrected chi connectivity index (χ0v) is 18.7. The van der Waals surface area contributed by atoms with Crippen molar-refractivity contribution >= 4 is 18.0 Å². The highest BCUT2D eigenvalue weighted by molar-refractivity contribution is 5.74. The highest BCUT2D eigenvalue weighted by Gasteiger charge is 2.20. The Kier molecular flexibility index (Phi) is 11.1. The molecule has 0 heterocycles. The van der Waals surface area contributed by atoms with Crippen molar-refractivity contribution in [3.63, 3.8) is 0 Å². The number of hydrogen-bond acceptors (Lipinski definition) is 6. The minimum atomic E-state index is -0.625. The summed E-state index contributed by atoms with van der Waals surface area (Å²) in [7, 11) is 1.37. The predicted octanol–water partition coefficient (Wildman–Crippen LogP) is 2.32. The third kappa shape index (κ3) is 13.0. The number of nitrogens with two attached hydrogens (primary N) is 1. The average Bonchev–Trinajstić information content (AvgIpc) is 2.69. The molecule has 0 aliphatic carbocycles. The SMILES string of the molecule is COC(=O)CCc1ccc(C#CCOC[C@H](CCC(N)=O)NC(=O)OC(C)(C)C)cc1. The molecule has 0 unspecified atom stereocenters. The summed E-state index contributed by atoms with van der Waals surface area (Å²) in [6.07, 6.45) is 0.834. The van der Waals surface area contributed by atoms with Gasteiger partial charge in [-0.2, -0.15) is 0 Å². The van der Waals surface area contributed by atoms with Crippen molar-refractivity contribution < 1.29 is 28.6 Å². The first-order valence-corrected chi connectivity index (χ1v) is 10.1. The molecule has 8 nitrogen and oxygen atoms in total. The van der Waals surface area contributed by atoms with Gasteiger partial charge in [0, 0.05) is 18.4 Å². The minimum absolute atomic E-state index is 0.123. The van der Waals surface area contributed by atoms with E-state index in [0.717, 1.165) is 11.1 Å². The van der Waals surface area contributed by atoms with Crippen LogP contribution in [-0.4, -0.2) is 49.9 Å². The van der Waals surface area contributed by atoms with Gasteiger partial charge in [0.05, 0.1) is 19.8 Å². The van der Waals surface area contributed by atoms with Crippen LogP contribution in [0.25, 0.3) is 0 Å². The van der Waals surface area contributed by atoms with Gasteiger partial charge in [0.1, 0.15) is 12.2 Å². The summed E-state index contributed by atoms with van der Waals surface area (Å²) >= 11 is 0. The lowest BCUT2D eigenvalue weighted by Crippen LogP contribution is -2.42. The van der Waals surface area contributed by atoms with Crippen LogP contribution in [0.1, 0.15) is 51.2 Å². The first kappa shape index (κ1) is 26.0. The van der Waals surface area contributed by atoms with Gasteiger partial charge in [-0.25, -0.2) is 4.79 Å². The Morgan fingerprint density at radius 2 is 1.81 bits per heavy atom. The third-order valence-electron chi connectivity index (χ3n) is 3.99. The number of alkyl carbamates (subject to hydrolysis) is 1. The molecular formula is C23H32N2O6. The normalized spacial score (nSPS) is 11.6. The van der Waals surface area contributed by atoms with E-state index in [-0.39, 0.29) is 25.6 Å². The number of ether oxygens (including phenoxy) is 3. The molecule has 0 spiro atoms. The van der Waals surface area contributed by atoms with E-state index >= 15 is 0 Å². The highest BCUT2D eigenvalue weighted by Crippen LogP contribution is 2.08. The van der Waals surface area contributed by atoms with Crippen molar-refractivity contribution in [2.24, 2.45) is 5.73 Å². The number of carbonyl (C=O) groups is 3. The lowest BCUT2D eigenvalue weighted by atomic mass is 10.1. The second kappa shape index (κ2) is 13.3. The number of benzene rings is 1. The lowest BCUT2D eigenvalue weighted by Gasteiger charge is -2.23. The number of carbonyl (C=O) groups excluding carboxylic acids is 3. The van der Waals surface area contributed by atoms with Crippen LogP contribution in [0.15, 0.2) is 24.3 Å². The van der Waals surface area contributed by atoms with Crippen molar-refractivity contribution in [1.29, 1.82) is 0 Å². The number of rotatable bonds is 10. The molecule has 2 amide bonds. The monoisotopic (exact) mass is 432 g/mol. The maximum Gasteiger partial charge on any atom is 0.407 e. The second-order valence-corrected chi connectivity index (χ2v) is 7.94. The van der Waals surface area contributed by atoms with E-state index in [1.54, 1.807) is 20.8 Å². The molecule has 0 saturated heterocycles. The number of methoxy groups -OCH3 is 1. The minimum Gasteiger partial charge on any atom is -0.469 e. The molecule has 1 aromatic rings. The fourth-order valence-electron chi connectivity index (χ4n) is 2.48. The molecule has 0 fully saturated rings. The van der Waals surface area contributed by atoms with Crippen molar-refractivity contribution in [3.8, 4) is 11.8 Å². The molecule has 0 aliphatic heterocycles. The first-order chi connectivity index (χ1) is 14.6. The Balaban J connectivity index is 2.49. The van der Waals surface area contributed by atoms with Gasteiger partial charge >= 0.3 is 12.1 Å². The standard InChI is InChI=1S/C23H32N2O6/c1-23(2,3)31-22(28)25-19(12-13-20(24)26)16-30-15-5-6-17-7-9-18(10-8-17)11-14-21(27)29-4/h7-10,19H,11-16H2,1-4H3,(H2,24,26)(H,25,28)/t19-/m0/s1. The predicted molar refractivity (Wildman–Crippen MR) is 116 cm³/mol. The molecule has 8 heteroatoms. The number of esters is 1. The smallest absolute Gasteiger partial charge is 0.407 e. The first-order valence-electron chi connectivity index (χ1n) is 10.1. The molecule has 3 N–H and O–H groups in total. The molecule has 1 rings (SSSR count). The Hall–Kier alpha value is -3.05. The summed E-state index contributed by atoms with van der Waals surface area (Å²) in [5.74, 6) is 5.21. The molecular weight excluding hydrogens is 400 g/mol. The van der Waals surface area contributed by atoms with Gasteiger partial charge in [0.2, 0.25) is 5.91 Å². The number of aryl methyl sites for hydroxylation is 1. The van der Waals surface area contributed by atoms with Crippen LogP contribution in [0, 0.1) is 11.8 Å². The maximum absolute atomic E-state index is 12.0. The number of nitrogens with one attached hydrogen (secondary N) is 1. The van der Waals surface area contributed by atoms with E-state index in [1.807, 2.05) is 24.3 Å². The van der Waals surface area contributed by atoms with E-state index in [9.17, 15) is 14.4 Å². The van der Waals surface area contributed by atoms with Gasteiger partial charge in [-0.15, -0.1) is 0 Å². The quantitative estimate of drug-likeness (QED) is 0.333. The van der Waals surface area contributed by atoms with Gasteiger partial charge < -0.3 is 25.3 Å². The summed E-state index contributed by atoms with van der Waals surface area (Å²) in [4.78, 5) is 34.2. The maximum atomic E-state index is 12.0. The van der Waals surface area contributed by atoms with E-state index in [2.05, 4.69) is 21.9 Å². The lowest BCUT2D eigenvalue weighted by molar-refractivity contribution is -0.140. The molecule has 1 aromatic carbocycles. The van der Waals surface area contributed by atoms with Crippen molar-refractivity contribution in [1.82, 2.24) is 5.32 Å². The molecule has 0 radical (unpaired) electrons. The molecule has 0 saturated carbocycles. The molecule has 0 aromatic heterocycles. The van der Waals surface area contributed by atoms with Crippen molar-refractivity contribution in [3.05, 3.63) is 35.4 Å². The van der Waals surface area contributed by atoms with Crippen molar-refractivity contribution in [2.45, 2.75) is 58.1 Å². The Labute approximate surface area is 183 Å². The van der Waals surface area contributed by atoms with Gasteiger partial charge in [-0.05, 0) is 51.3 Å². The van der Waals surface area contributed by atoms with Gasteiger partial charge in [0.25, 0.3) is 0 Å². The summed E-state index contributed by atoms with van der Waals surface area (Å²) in [6, 6.07) is 7.16. The van der Waals surface area contributed by atoms with Crippen LogP contribution >= 0.6 is 0 Å². The fraction of sp³-hybridized carbons (Fsp3) is 0.522. The molecule has 170 valence electrons.